The van der Waals surface area contributed by atoms with Crippen LogP contribution in [-0.2, 0) is 16.4 Å². The highest BCUT2D eigenvalue weighted by Crippen LogP contribution is 2.25. The molecular formula is C24H25ClN2O4S. The highest BCUT2D eigenvalue weighted by atomic mass is 35.5. The second-order valence-electron chi connectivity index (χ2n) is 7.12. The lowest BCUT2D eigenvalue weighted by Crippen LogP contribution is -2.28. The van der Waals surface area contributed by atoms with Crippen molar-refractivity contribution in [1.82, 2.24) is 5.32 Å². The summed E-state index contributed by atoms with van der Waals surface area (Å²) in [5.74, 6) is 0.311. The number of halogens is 1. The summed E-state index contributed by atoms with van der Waals surface area (Å²) in [4.78, 5) is 12.3. The molecule has 0 aliphatic carbocycles. The number of nitrogens with one attached hydrogen (secondary N) is 2. The molecule has 3 aromatic carbocycles. The van der Waals surface area contributed by atoms with Crippen molar-refractivity contribution in [3.8, 4) is 5.75 Å². The largest absolute Gasteiger partial charge is 0.492 e. The van der Waals surface area contributed by atoms with Gasteiger partial charge in [-0.15, -0.1) is 0 Å². The number of hydrogen-bond acceptors (Lipinski definition) is 4. The Hall–Kier alpha value is -3.03. The minimum atomic E-state index is -3.96. The molecule has 32 heavy (non-hydrogen) atoms. The van der Waals surface area contributed by atoms with Crippen molar-refractivity contribution in [2.75, 3.05) is 17.9 Å². The number of amides is 1. The monoisotopic (exact) mass is 472 g/mol. The Morgan fingerprint density at radius 1 is 1.00 bits per heavy atom. The number of para-hydroxylation sites is 1. The van der Waals surface area contributed by atoms with E-state index in [1.54, 1.807) is 30.3 Å². The van der Waals surface area contributed by atoms with E-state index in [0.29, 0.717) is 5.69 Å². The van der Waals surface area contributed by atoms with Crippen LogP contribution in [0.4, 0.5) is 5.69 Å². The number of carbonyl (C=O) groups is 1. The highest BCUT2D eigenvalue weighted by molar-refractivity contribution is 7.92. The van der Waals surface area contributed by atoms with Gasteiger partial charge in [-0.25, -0.2) is 8.42 Å². The number of benzene rings is 3. The van der Waals surface area contributed by atoms with Gasteiger partial charge in [0.1, 0.15) is 17.3 Å². The Bertz CT molecular complexity index is 1150. The van der Waals surface area contributed by atoms with E-state index < -0.39 is 15.9 Å². The minimum Gasteiger partial charge on any atom is -0.492 e. The molecule has 3 rings (SSSR count). The predicted octanol–water partition coefficient (Wildman–Crippen LogP) is 4.90. The van der Waals surface area contributed by atoms with Crippen LogP contribution in [0.1, 0.15) is 29.3 Å². The van der Waals surface area contributed by atoms with Crippen LogP contribution in [0.3, 0.4) is 0 Å². The first-order valence-corrected chi connectivity index (χ1v) is 12.1. The predicted molar refractivity (Wildman–Crippen MR) is 127 cm³/mol. The first-order valence-electron chi connectivity index (χ1n) is 10.3. The molecule has 0 aromatic heterocycles. The van der Waals surface area contributed by atoms with E-state index in [2.05, 4.69) is 17.0 Å². The quantitative estimate of drug-likeness (QED) is 0.411. The second kappa shape index (κ2) is 11.0. The number of carbonyl (C=O) groups excluding carboxylic acids is 1. The molecule has 3 aromatic rings. The first-order chi connectivity index (χ1) is 15.4. The van der Waals surface area contributed by atoms with E-state index in [-0.39, 0.29) is 28.6 Å². The molecule has 0 saturated heterocycles. The lowest BCUT2D eigenvalue weighted by molar-refractivity contribution is 0.0947. The summed E-state index contributed by atoms with van der Waals surface area (Å²) in [6, 6.07) is 20.4. The maximum absolute atomic E-state index is 12.7. The summed E-state index contributed by atoms with van der Waals surface area (Å²) in [6.45, 7) is 2.68. The third-order valence-corrected chi connectivity index (χ3v) is 6.49. The van der Waals surface area contributed by atoms with Crippen LogP contribution in [0.25, 0.3) is 0 Å². The maximum atomic E-state index is 12.7. The normalized spacial score (nSPS) is 11.1. The second-order valence-corrected chi connectivity index (χ2v) is 9.17. The van der Waals surface area contributed by atoms with E-state index in [0.717, 1.165) is 18.6 Å². The van der Waals surface area contributed by atoms with Crippen LogP contribution < -0.4 is 14.8 Å². The maximum Gasteiger partial charge on any atom is 0.263 e. The Balaban J connectivity index is 1.58. The fourth-order valence-corrected chi connectivity index (χ4v) is 4.63. The van der Waals surface area contributed by atoms with Gasteiger partial charge in [0, 0.05) is 11.3 Å². The van der Waals surface area contributed by atoms with E-state index in [4.69, 9.17) is 16.3 Å². The van der Waals surface area contributed by atoms with Gasteiger partial charge in [0.05, 0.1) is 11.6 Å². The summed E-state index contributed by atoms with van der Waals surface area (Å²) >= 11 is 6.11. The molecular weight excluding hydrogens is 448 g/mol. The Labute approximate surface area is 193 Å². The van der Waals surface area contributed by atoms with Gasteiger partial charge in [0.25, 0.3) is 15.9 Å². The van der Waals surface area contributed by atoms with Gasteiger partial charge in [-0.05, 0) is 54.4 Å². The number of hydrogen-bond donors (Lipinski definition) is 2. The number of anilines is 1. The van der Waals surface area contributed by atoms with Crippen molar-refractivity contribution >= 4 is 33.2 Å². The summed E-state index contributed by atoms with van der Waals surface area (Å²) in [5, 5.41) is 2.75. The summed E-state index contributed by atoms with van der Waals surface area (Å²) in [6.07, 6.45) is 2.11. The third-order valence-electron chi connectivity index (χ3n) is 4.63. The fourth-order valence-electron chi connectivity index (χ4n) is 3.04. The Morgan fingerprint density at radius 3 is 2.41 bits per heavy atom. The molecule has 0 fully saturated rings. The molecule has 168 valence electrons. The van der Waals surface area contributed by atoms with Gasteiger partial charge in [-0.3, -0.25) is 9.52 Å². The molecule has 1 amide bonds. The summed E-state index contributed by atoms with van der Waals surface area (Å²) in [5.41, 5.74) is 1.84. The van der Waals surface area contributed by atoms with Gasteiger partial charge in [-0.1, -0.05) is 55.3 Å². The van der Waals surface area contributed by atoms with Gasteiger partial charge < -0.3 is 10.1 Å². The average molecular weight is 473 g/mol. The molecule has 8 heteroatoms. The van der Waals surface area contributed by atoms with Crippen molar-refractivity contribution in [3.05, 3.63) is 88.9 Å². The molecule has 0 aliphatic heterocycles. The molecule has 0 radical (unpaired) electrons. The van der Waals surface area contributed by atoms with Gasteiger partial charge >= 0.3 is 0 Å². The Morgan fingerprint density at radius 2 is 1.72 bits per heavy atom. The molecule has 0 atom stereocenters. The van der Waals surface area contributed by atoms with E-state index in [9.17, 15) is 13.2 Å². The molecule has 6 nitrogen and oxygen atoms in total. The van der Waals surface area contributed by atoms with Crippen molar-refractivity contribution in [1.29, 1.82) is 0 Å². The zero-order chi connectivity index (χ0) is 23.0. The van der Waals surface area contributed by atoms with Crippen molar-refractivity contribution in [2.45, 2.75) is 24.7 Å². The fraction of sp³-hybridized carbons (Fsp3) is 0.208. The molecule has 0 bridgehead atoms. The topological polar surface area (TPSA) is 84.5 Å². The lowest BCUT2D eigenvalue weighted by Gasteiger charge is -2.12. The third kappa shape index (κ3) is 6.48. The summed E-state index contributed by atoms with van der Waals surface area (Å²) in [7, 11) is -3.96. The number of rotatable bonds is 10. The van der Waals surface area contributed by atoms with Crippen molar-refractivity contribution in [3.63, 3.8) is 0 Å². The van der Waals surface area contributed by atoms with Crippen LogP contribution >= 0.6 is 11.6 Å². The van der Waals surface area contributed by atoms with Gasteiger partial charge in [0.15, 0.2) is 0 Å². The smallest absolute Gasteiger partial charge is 0.263 e. The van der Waals surface area contributed by atoms with Gasteiger partial charge in [0.2, 0.25) is 0 Å². The highest BCUT2D eigenvalue weighted by Gasteiger charge is 2.20. The summed E-state index contributed by atoms with van der Waals surface area (Å²) < 4.78 is 33.6. The van der Waals surface area contributed by atoms with Crippen LogP contribution in [0, 0.1) is 0 Å². The standard InChI is InChI=1S/C24H25ClN2O4S/c1-2-6-18-9-12-21(13-10-18)31-16-15-26-24(28)19-11-14-22(25)23(17-19)32(29,30)27-20-7-4-3-5-8-20/h3-5,7-14,17,27H,2,6,15-16H2,1H3,(H,26,28). The Kier molecular flexibility index (Phi) is 8.14. The minimum absolute atomic E-state index is 0.0276. The van der Waals surface area contributed by atoms with Crippen molar-refractivity contribution < 1.29 is 17.9 Å². The van der Waals surface area contributed by atoms with Crippen LogP contribution in [0.2, 0.25) is 5.02 Å². The average Bonchev–Trinajstić information content (AvgIpc) is 2.78. The number of aryl methyl sites for hydroxylation is 1. The van der Waals surface area contributed by atoms with Crippen LogP contribution in [0.5, 0.6) is 5.75 Å². The van der Waals surface area contributed by atoms with Gasteiger partial charge in [-0.2, -0.15) is 0 Å². The molecule has 0 unspecified atom stereocenters. The van der Waals surface area contributed by atoms with Crippen LogP contribution in [-0.4, -0.2) is 27.5 Å². The van der Waals surface area contributed by atoms with Crippen molar-refractivity contribution in [2.24, 2.45) is 0 Å². The zero-order valence-corrected chi connectivity index (χ0v) is 19.2. The number of sulfonamides is 1. The van der Waals surface area contributed by atoms with E-state index in [1.807, 2.05) is 24.3 Å². The first kappa shape index (κ1) is 23.6. The SMILES string of the molecule is CCCc1ccc(OCCNC(=O)c2ccc(Cl)c(S(=O)(=O)Nc3ccccc3)c2)cc1. The zero-order valence-electron chi connectivity index (χ0n) is 17.7. The molecule has 0 aliphatic rings. The lowest BCUT2D eigenvalue weighted by atomic mass is 10.1. The molecule has 0 heterocycles. The van der Waals surface area contributed by atoms with E-state index >= 15 is 0 Å². The van der Waals surface area contributed by atoms with E-state index in [1.165, 1.54) is 23.8 Å². The molecule has 0 spiro atoms. The molecule has 0 saturated carbocycles. The van der Waals surface area contributed by atoms with Crippen LogP contribution in [0.15, 0.2) is 77.7 Å². The molecule has 2 N–H and O–H groups in total. The number of ether oxygens (including phenoxy) is 1.